The van der Waals surface area contributed by atoms with E-state index in [-0.39, 0.29) is 5.91 Å². The third kappa shape index (κ3) is 4.97. The molecule has 0 saturated heterocycles. The number of aliphatic hydroxyl groups excluding tert-OH is 1. The van der Waals surface area contributed by atoms with Crippen LogP contribution in [0.3, 0.4) is 0 Å². The number of amides is 1. The molecule has 0 spiro atoms. The number of hydrogen-bond donors (Lipinski definition) is 2. The summed E-state index contributed by atoms with van der Waals surface area (Å²) in [6.07, 6.45) is -0.0378. The summed E-state index contributed by atoms with van der Waals surface area (Å²) in [5, 5.41) is 12.1. The number of aryl methyl sites for hydroxylation is 1. The molecule has 0 saturated carbocycles. The highest BCUT2D eigenvalue weighted by Gasteiger charge is 2.06. The van der Waals surface area contributed by atoms with Gasteiger partial charge in [0.25, 0.3) is 5.91 Å². The van der Waals surface area contributed by atoms with Crippen molar-refractivity contribution in [2.45, 2.75) is 19.4 Å². The van der Waals surface area contributed by atoms with E-state index in [4.69, 9.17) is 4.74 Å². The number of ether oxygens (including phenoxy) is 1. The molecule has 1 aromatic rings. The minimum absolute atomic E-state index is 0.116. The maximum absolute atomic E-state index is 11.7. The van der Waals surface area contributed by atoms with Crippen LogP contribution >= 0.6 is 0 Å². The molecule has 0 aliphatic heterocycles. The van der Waals surface area contributed by atoms with Gasteiger partial charge in [0.1, 0.15) is 0 Å². The van der Waals surface area contributed by atoms with Crippen LogP contribution in [0.4, 0.5) is 0 Å². The standard InChI is InChI=1S/C13H19NO3/c1-10-3-5-11(6-4-10)13(16)14-8-7-12(15)9-17-2/h3-6,12,15H,7-9H2,1-2H3,(H,14,16). The Hall–Kier alpha value is -1.39. The molecule has 94 valence electrons. The van der Waals surface area contributed by atoms with Gasteiger partial charge < -0.3 is 15.2 Å². The second-order valence-electron chi connectivity index (χ2n) is 4.02. The Balaban J connectivity index is 2.32. The molecule has 0 bridgehead atoms. The van der Waals surface area contributed by atoms with Gasteiger partial charge in [0.05, 0.1) is 12.7 Å². The predicted molar refractivity (Wildman–Crippen MR) is 66.0 cm³/mol. The van der Waals surface area contributed by atoms with Crippen molar-refractivity contribution < 1.29 is 14.6 Å². The van der Waals surface area contributed by atoms with Gasteiger partial charge in [0.15, 0.2) is 0 Å². The quantitative estimate of drug-likeness (QED) is 0.779. The maximum Gasteiger partial charge on any atom is 0.251 e. The lowest BCUT2D eigenvalue weighted by atomic mass is 10.1. The molecule has 0 aromatic heterocycles. The zero-order valence-electron chi connectivity index (χ0n) is 10.3. The number of hydrogen-bond acceptors (Lipinski definition) is 3. The summed E-state index contributed by atoms with van der Waals surface area (Å²) in [6.45, 7) is 2.71. The van der Waals surface area contributed by atoms with E-state index in [1.54, 1.807) is 12.1 Å². The molecule has 0 aliphatic rings. The molecule has 1 atom stereocenters. The summed E-state index contributed by atoms with van der Waals surface area (Å²) >= 11 is 0. The summed E-state index contributed by atoms with van der Waals surface area (Å²) in [6, 6.07) is 7.37. The summed E-state index contributed by atoms with van der Waals surface area (Å²) in [5.41, 5.74) is 1.76. The first-order valence-electron chi connectivity index (χ1n) is 5.65. The number of benzene rings is 1. The summed E-state index contributed by atoms with van der Waals surface area (Å²) in [5.74, 6) is -0.116. The second-order valence-corrected chi connectivity index (χ2v) is 4.02. The predicted octanol–water partition coefficient (Wildman–Crippen LogP) is 1.12. The molecule has 4 nitrogen and oxygen atoms in total. The van der Waals surface area contributed by atoms with Crippen LogP contribution in [0.15, 0.2) is 24.3 Å². The molecule has 0 aliphatic carbocycles. The van der Waals surface area contributed by atoms with Crippen LogP contribution in [-0.2, 0) is 4.74 Å². The van der Waals surface area contributed by atoms with Gasteiger partial charge >= 0.3 is 0 Å². The summed E-state index contributed by atoms with van der Waals surface area (Å²) in [7, 11) is 1.54. The monoisotopic (exact) mass is 237 g/mol. The average Bonchev–Trinajstić information content (AvgIpc) is 2.30. The van der Waals surface area contributed by atoms with Gasteiger partial charge in [-0.3, -0.25) is 4.79 Å². The fourth-order valence-electron chi connectivity index (χ4n) is 1.44. The lowest BCUT2D eigenvalue weighted by Gasteiger charge is -2.10. The highest BCUT2D eigenvalue weighted by atomic mass is 16.5. The smallest absolute Gasteiger partial charge is 0.251 e. The molecule has 0 fully saturated rings. The van der Waals surface area contributed by atoms with Crippen molar-refractivity contribution >= 4 is 5.91 Å². The third-order valence-corrected chi connectivity index (χ3v) is 2.44. The maximum atomic E-state index is 11.7. The first-order chi connectivity index (χ1) is 8.13. The van der Waals surface area contributed by atoms with Gasteiger partial charge in [0, 0.05) is 19.2 Å². The zero-order valence-corrected chi connectivity index (χ0v) is 10.3. The molecule has 1 aromatic carbocycles. The van der Waals surface area contributed by atoms with Crippen molar-refractivity contribution in [2.75, 3.05) is 20.3 Å². The number of aliphatic hydroxyl groups is 1. The molecule has 0 heterocycles. The molecular formula is C13H19NO3. The normalized spacial score (nSPS) is 12.2. The molecule has 2 N–H and O–H groups in total. The number of methoxy groups -OCH3 is 1. The van der Waals surface area contributed by atoms with E-state index in [9.17, 15) is 9.90 Å². The van der Waals surface area contributed by atoms with Crippen molar-refractivity contribution in [3.63, 3.8) is 0 Å². The van der Waals surface area contributed by atoms with E-state index in [0.717, 1.165) is 5.56 Å². The Morgan fingerprint density at radius 2 is 2.06 bits per heavy atom. The van der Waals surface area contributed by atoms with E-state index in [1.807, 2.05) is 19.1 Å². The van der Waals surface area contributed by atoms with E-state index in [2.05, 4.69) is 5.32 Å². The van der Waals surface area contributed by atoms with Crippen LogP contribution < -0.4 is 5.32 Å². The van der Waals surface area contributed by atoms with Crippen LogP contribution in [0.1, 0.15) is 22.3 Å². The van der Waals surface area contributed by atoms with E-state index < -0.39 is 6.10 Å². The lowest BCUT2D eigenvalue weighted by Crippen LogP contribution is -2.28. The van der Waals surface area contributed by atoms with Crippen molar-refractivity contribution in [2.24, 2.45) is 0 Å². The van der Waals surface area contributed by atoms with E-state index in [0.29, 0.717) is 25.1 Å². The Labute approximate surface area is 102 Å². The van der Waals surface area contributed by atoms with Crippen molar-refractivity contribution in [1.82, 2.24) is 5.32 Å². The van der Waals surface area contributed by atoms with Gasteiger partial charge in [-0.05, 0) is 25.5 Å². The van der Waals surface area contributed by atoms with Gasteiger partial charge in [-0.1, -0.05) is 17.7 Å². The minimum Gasteiger partial charge on any atom is -0.391 e. The highest BCUT2D eigenvalue weighted by Crippen LogP contribution is 2.02. The third-order valence-electron chi connectivity index (χ3n) is 2.44. The van der Waals surface area contributed by atoms with Crippen LogP contribution in [0, 0.1) is 6.92 Å². The first-order valence-corrected chi connectivity index (χ1v) is 5.65. The van der Waals surface area contributed by atoms with Crippen LogP contribution in [0.5, 0.6) is 0 Å². The first kappa shape index (κ1) is 13.7. The fourth-order valence-corrected chi connectivity index (χ4v) is 1.44. The molecule has 17 heavy (non-hydrogen) atoms. The minimum atomic E-state index is -0.529. The molecule has 1 amide bonds. The van der Waals surface area contributed by atoms with Crippen molar-refractivity contribution in [3.8, 4) is 0 Å². The average molecular weight is 237 g/mol. The second kappa shape index (κ2) is 7.04. The summed E-state index contributed by atoms with van der Waals surface area (Å²) < 4.78 is 4.80. The van der Waals surface area contributed by atoms with Crippen LogP contribution in [0.2, 0.25) is 0 Å². The van der Waals surface area contributed by atoms with E-state index in [1.165, 1.54) is 7.11 Å². The van der Waals surface area contributed by atoms with E-state index >= 15 is 0 Å². The number of rotatable bonds is 6. The Kier molecular flexibility index (Phi) is 5.66. The van der Waals surface area contributed by atoms with Crippen LogP contribution in [-0.4, -0.2) is 37.4 Å². The molecular weight excluding hydrogens is 218 g/mol. The number of nitrogens with one attached hydrogen (secondary N) is 1. The SMILES string of the molecule is COCC(O)CCNC(=O)c1ccc(C)cc1. The molecule has 1 unspecified atom stereocenters. The zero-order chi connectivity index (χ0) is 12.7. The molecule has 4 heteroatoms. The Bertz CT molecular complexity index is 348. The van der Waals surface area contributed by atoms with Gasteiger partial charge in [0.2, 0.25) is 0 Å². The highest BCUT2D eigenvalue weighted by molar-refractivity contribution is 5.94. The summed E-state index contributed by atoms with van der Waals surface area (Å²) in [4.78, 5) is 11.7. The van der Waals surface area contributed by atoms with Crippen molar-refractivity contribution in [1.29, 1.82) is 0 Å². The van der Waals surface area contributed by atoms with Crippen LogP contribution in [0.25, 0.3) is 0 Å². The Morgan fingerprint density at radius 1 is 1.41 bits per heavy atom. The number of carbonyl (C=O) groups is 1. The number of carbonyl (C=O) groups excluding carboxylic acids is 1. The topological polar surface area (TPSA) is 58.6 Å². The van der Waals surface area contributed by atoms with Crippen molar-refractivity contribution in [3.05, 3.63) is 35.4 Å². The molecule has 0 radical (unpaired) electrons. The van der Waals surface area contributed by atoms with Gasteiger partial charge in [-0.2, -0.15) is 0 Å². The largest absolute Gasteiger partial charge is 0.391 e. The lowest BCUT2D eigenvalue weighted by molar-refractivity contribution is 0.0587. The van der Waals surface area contributed by atoms with Gasteiger partial charge in [-0.15, -0.1) is 0 Å². The van der Waals surface area contributed by atoms with Gasteiger partial charge in [-0.25, -0.2) is 0 Å². The molecule has 1 rings (SSSR count). The Morgan fingerprint density at radius 3 is 2.65 bits per heavy atom. The fraction of sp³-hybridized carbons (Fsp3) is 0.462.